The first-order valence-electron chi connectivity index (χ1n) is 7.69. The molecule has 0 aromatic heterocycles. The molecule has 25 heavy (non-hydrogen) atoms. The Balaban J connectivity index is 2.16. The van der Waals surface area contributed by atoms with Gasteiger partial charge < -0.3 is 5.32 Å². The van der Waals surface area contributed by atoms with Gasteiger partial charge >= 0.3 is 0 Å². The van der Waals surface area contributed by atoms with Gasteiger partial charge in [-0.25, -0.2) is 13.1 Å². The molecule has 5 nitrogen and oxygen atoms in total. The first-order chi connectivity index (χ1) is 11.5. The van der Waals surface area contributed by atoms with Gasteiger partial charge in [-0.3, -0.25) is 4.79 Å². The largest absolute Gasteiger partial charge is 0.322 e. The van der Waals surface area contributed by atoms with Crippen molar-refractivity contribution in [2.45, 2.75) is 38.1 Å². The minimum atomic E-state index is -3.63. The van der Waals surface area contributed by atoms with Crippen LogP contribution < -0.4 is 10.0 Å². The maximum Gasteiger partial charge on any atom is 0.255 e. The summed E-state index contributed by atoms with van der Waals surface area (Å²) in [4.78, 5) is 12.4. The summed E-state index contributed by atoms with van der Waals surface area (Å²) in [5.41, 5.74) is 1.26. The van der Waals surface area contributed by atoms with Gasteiger partial charge in [0.25, 0.3) is 5.91 Å². The molecule has 2 N–H and O–H groups in total. The van der Waals surface area contributed by atoms with E-state index in [0.29, 0.717) is 16.3 Å². The molecule has 0 heterocycles. The molecular formula is C18H21ClN2O3S. The van der Waals surface area contributed by atoms with Crippen LogP contribution in [0.5, 0.6) is 0 Å². The monoisotopic (exact) mass is 380 g/mol. The third-order valence-electron chi connectivity index (χ3n) is 3.30. The van der Waals surface area contributed by atoms with E-state index in [9.17, 15) is 13.2 Å². The fourth-order valence-corrected chi connectivity index (χ4v) is 3.72. The standard InChI is InChI=1S/C18H21ClN2O3S/c1-12-5-8-14(11-16(12)19)20-17(22)13-6-9-15(10-7-13)25(23,24)21-18(2,3)4/h5-11,21H,1-4H3,(H,20,22). The van der Waals surface area contributed by atoms with Crippen LogP contribution in [0.2, 0.25) is 5.02 Å². The topological polar surface area (TPSA) is 75.3 Å². The lowest BCUT2D eigenvalue weighted by Crippen LogP contribution is -2.40. The van der Waals surface area contributed by atoms with Crippen molar-refractivity contribution in [3.8, 4) is 0 Å². The molecule has 0 aliphatic rings. The number of aryl methyl sites for hydroxylation is 1. The summed E-state index contributed by atoms with van der Waals surface area (Å²) in [6.07, 6.45) is 0. The fraction of sp³-hybridized carbons (Fsp3) is 0.278. The number of amides is 1. The van der Waals surface area contributed by atoms with E-state index < -0.39 is 15.6 Å². The van der Waals surface area contributed by atoms with Gasteiger partial charge in [0.05, 0.1) is 4.90 Å². The molecule has 0 aliphatic heterocycles. The summed E-state index contributed by atoms with van der Waals surface area (Å²) in [6, 6.07) is 11.0. The Labute approximate surface area is 153 Å². The molecule has 1 amide bonds. The molecule has 2 aromatic rings. The van der Waals surface area contributed by atoms with E-state index >= 15 is 0 Å². The Hall–Kier alpha value is -1.89. The number of rotatable bonds is 4. The number of carbonyl (C=O) groups excluding carboxylic acids is 1. The van der Waals surface area contributed by atoms with Gasteiger partial charge in [-0.05, 0) is 69.7 Å². The first kappa shape index (κ1) is 19.4. The van der Waals surface area contributed by atoms with Crippen LogP contribution in [0.4, 0.5) is 5.69 Å². The Morgan fingerprint density at radius 3 is 2.16 bits per heavy atom. The van der Waals surface area contributed by atoms with Crippen molar-refractivity contribution in [3.63, 3.8) is 0 Å². The van der Waals surface area contributed by atoms with E-state index in [-0.39, 0.29) is 10.8 Å². The molecule has 0 bridgehead atoms. The minimum absolute atomic E-state index is 0.109. The molecule has 2 rings (SSSR count). The van der Waals surface area contributed by atoms with Crippen molar-refractivity contribution in [3.05, 3.63) is 58.6 Å². The highest BCUT2D eigenvalue weighted by Gasteiger charge is 2.22. The zero-order valence-corrected chi connectivity index (χ0v) is 16.1. The lowest BCUT2D eigenvalue weighted by atomic mass is 10.1. The molecule has 0 unspecified atom stereocenters. The summed E-state index contributed by atoms with van der Waals surface area (Å²) in [5.74, 6) is -0.340. The van der Waals surface area contributed by atoms with Crippen molar-refractivity contribution in [2.75, 3.05) is 5.32 Å². The van der Waals surface area contributed by atoms with Crippen LogP contribution in [-0.4, -0.2) is 19.9 Å². The van der Waals surface area contributed by atoms with Crippen LogP contribution in [0.1, 0.15) is 36.7 Å². The molecule has 0 aliphatic carbocycles. The van der Waals surface area contributed by atoms with Crippen molar-refractivity contribution < 1.29 is 13.2 Å². The van der Waals surface area contributed by atoms with Crippen LogP contribution in [-0.2, 0) is 10.0 Å². The average molecular weight is 381 g/mol. The van der Waals surface area contributed by atoms with Gasteiger partial charge in [-0.15, -0.1) is 0 Å². The Morgan fingerprint density at radius 1 is 1.04 bits per heavy atom. The molecular weight excluding hydrogens is 360 g/mol. The van der Waals surface area contributed by atoms with Gasteiger partial charge in [-0.1, -0.05) is 17.7 Å². The van der Waals surface area contributed by atoms with Crippen molar-refractivity contribution in [2.24, 2.45) is 0 Å². The molecule has 0 saturated heterocycles. The highest BCUT2D eigenvalue weighted by atomic mass is 35.5. The quantitative estimate of drug-likeness (QED) is 0.842. The maximum atomic E-state index is 12.3. The molecule has 0 radical (unpaired) electrons. The third-order valence-corrected chi connectivity index (χ3v) is 5.48. The van der Waals surface area contributed by atoms with E-state index in [1.165, 1.54) is 24.3 Å². The van der Waals surface area contributed by atoms with E-state index in [2.05, 4.69) is 10.0 Å². The molecule has 0 atom stereocenters. The van der Waals surface area contributed by atoms with Crippen LogP contribution in [0, 0.1) is 6.92 Å². The summed E-state index contributed by atoms with van der Waals surface area (Å²) in [6.45, 7) is 7.16. The summed E-state index contributed by atoms with van der Waals surface area (Å²) < 4.78 is 27.1. The van der Waals surface area contributed by atoms with Gasteiger partial charge in [0, 0.05) is 21.8 Å². The number of nitrogens with one attached hydrogen (secondary N) is 2. The van der Waals surface area contributed by atoms with E-state index in [4.69, 9.17) is 11.6 Å². The Bertz CT molecular complexity index is 886. The molecule has 0 saturated carbocycles. The van der Waals surface area contributed by atoms with E-state index in [1.807, 2.05) is 13.0 Å². The van der Waals surface area contributed by atoms with Gasteiger partial charge in [0.2, 0.25) is 10.0 Å². The SMILES string of the molecule is Cc1ccc(NC(=O)c2ccc(S(=O)(=O)NC(C)(C)C)cc2)cc1Cl. The molecule has 7 heteroatoms. The van der Waals surface area contributed by atoms with Crippen LogP contribution in [0.3, 0.4) is 0 Å². The first-order valence-corrected chi connectivity index (χ1v) is 9.56. The van der Waals surface area contributed by atoms with Gasteiger partial charge in [-0.2, -0.15) is 0 Å². The molecule has 0 fully saturated rings. The van der Waals surface area contributed by atoms with Crippen molar-refractivity contribution in [1.82, 2.24) is 4.72 Å². The Morgan fingerprint density at radius 2 is 1.64 bits per heavy atom. The number of hydrogen-bond acceptors (Lipinski definition) is 3. The second-order valence-corrected chi connectivity index (χ2v) is 8.89. The highest BCUT2D eigenvalue weighted by molar-refractivity contribution is 7.89. The Kier molecular flexibility index (Phi) is 5.56. The predicted octanol–water partition coefficient (Wildman–Crippen LogP) is 3.98. The minimum Gasteiger partial charge on any atom is -0.322 e. The number of sulfonamides is 1. The molecule has 0 spiro atoms. The number of benzene rings is 2. The second-order valence-electron chi connectivity index (χ2n) is 6.80. The normalized spacial score (nSPS) is 12.0. The lowest BCUT2D eigenvalue weighted by Gasteiger charge is -2.20. The van der Waals surface area contributed by atoms with Crippen molar-refractivity contribution in [1.29, 1.82) is 0 Å². The second kappa shape index (κ2) is 7.15. The van der Waals surface area contributed by atoms with Gasteiger partial charge in [0.15, 0.2) is 0 Å². The van der Waals surface area contributed by atoms with Gasteiger partial charge in [0.1, 0.15) is 0 Å². The van der Waals surface area contributed by atoms with E-state index in [1.54, 1.807) is 32.9 Å². The zero-order valence-electron chi connectivity index (χ0n) is 14.6. The number of carbonyl (C=O) groups is 1. The third kappa shape index (κ3) is 5.29. The summed E-state index contributed by atoms with van der Waals surface area (Å²) in [7, 11) is -3.63. The summed E-state index contributed by atoms with van der Waals surface area (Å²) in [5, 5.41) is 3.30. The zero-order chi connectivity index (χ0) is 18.8. The predicted molar refractivity (Wildman–Crippen MR) is 101 cm³/mol. The fourth-order valence-electron chi connectivity index (χ4n) is 2.12. The van der Waals surface area contributed by atoms with Crippen molar-refractivity contribution >= 4 is 33.2 Å². The van der Waals surface area contributed by atoms with E-state index in [0.717, 1.165) is 5.56 Å². The van der Waals surface area contributed by atoms with Crippen LogP contribution >= 0.6 is 11.6 Å². The maximum absolute atomic E-state index is 12.3. The average Bonchev–Trinajstić information content (AvgIpc) is 2.49. The molecule has 2 aromatic carbocycles. The number of halogens is 1. The number of anilines is 1. The van der Waals surface area contributed by atoms with Crippen LogP contribution in [0.25, 0.3) is 0 Å². The number of hydrogen-bond donors (Lipinski definition) is 2. The summed E-state index contributed by atoms with van der Waals surface area (Å²) >= 11 is 6.04. The smallest absolute Gasteiger partial charge is 0.255 e. The lowest BCUT2D eigenvalue weighted by molar-refractivity contribution is 0.102. The van der Waals surface area contributed by atoms with Crippen LogP contribution in [0.15, 0.2) is 47.4 Å². The molecule has 134 valence electrons. The highest BCUT2D eigenvalue weighted by Crippen LogP contribution is 2.21.